The highest BCUT2D eigenvalue weighted by Crippen LogP contribution is 2.24. The first-order valence-electron chi connectivity index (χ1n) is 5.46. The number of ether oxygens (including phenoxy) is 1. The number of hydrogen-bond donors (Lipinski definition) is 0. The van der Waals surface area contributed by atoms with Gasteiger partial charge in [-0.3, -0.25) is 0 Å². The lowest BCUT2D eigenvalue weighted by Crippen LogP contribution is -2.10. The molecule has 106 valence electrons. The van der Waals surface area contributed by atoms with Crippen molar-refractivity contribution < 1.29 is 21.7 Å². The van der Waals surface area contributed by atoms with Crippen LogP contribution in [0.1, 0.15) is 0 Å². The van der Waals surface area contributed by atoms with Gasteiger partial charge in [0.2, 0.25) is 0 Å². The second-order valence-electron chi connectivity index (χ2n) is 3.79. The summed E-state index contributed by atoms with van der Waals surface area (Å²) in [6.45, 7) is 0. The molecule has 0 bridgehead atoms. The summed E-state index contributed by atoms with van der Waals surface area (Å²) in [5.74, 6) is -0.741. The van der Waals surface area contributed by atoms with Crippen molar-refractivity contribution in [3.8, 4) is 11.5 Å². The molecule has 0 saturated heterocycles. The molecule has 7 heteroatoms. The SMILES string of the molecule is COc1ccc(S(=O)(=O)Oc2ccc(Cl)cc2)cc1F. The van der Waals surface area contributed by atoms with E-state index < -0.39 is 15.9 Å². The highest BCUT2D eigenvalue weighted by molar-refractivity contribution is 7.87. The Kier molecular flexibility index (Phi) is 4.15. The number of halogens is 2. The van der Waals surface area contributed by atoms with Crippen LogP contribution in [0.25, 0.3) is 0 Å². The molecule has 2 aromatic carbocycles. The summed E-state index contributed by atoms with van der Waals surface area (Å²) in [6.07, 6.45) is 0. The molecule has 0 aliphatic carbocycles. The van der Waals surface area contributed by atoms with E-state index in [1.165, 1.54) is 43.5 Å². The second kappa shape index (κ2) is 5.68. The van der Waals surface area contributed by atoms with Crippen LogP contribution in [-0.2, 0) is 10.1 Å². The van der Waals surface area contributed by atoms with Crippen LogP contribution in [0.5, 0.6) is 11.5 Å². The molecular formula is C13H10ClFO4S. The lowest BCUT2D eigenvalue weighted by Gasteiger charge is -2.08. The molecule has 0 aromatic heterocycles. The average molecular weight is 317 g/mol. The summed E-state index contributed by atoms with van der Waals surface area (Å²) in [5, 5.41) is 0.449. The third-order valence-corrected chi connectivity index (χ3v) is 3.93. The van der Waals surface area contributed by atoms with E-state index in [1.807, 2.05) is 0 Å². The number of hydrogen-bond acceptors (Lipinski definition) is 4. The van der Waals surface area contributed by atoms with Crippen molar-refractivity contribution >= 4 is 21.7 Å². The van der Waals surface area contributed by atoms with Gasteiger partial charge in [0, 0.05) is 5.02 Å². The van der Waals surface area contributed by atoms with Crippen LogP contribution in [0.15, 0.2) is 47.4 Å². The van der Waals surface area contributed by atoms with Gasteiger partial charge in [0.1, 0.15) is 10.6 Å². The van der Waals surface area contributed by atoms with E-state index in [1.54, 1.807) is 0 Å². The average Bonchev–Trinajstić information content (AvgIpc) is 2.41. The van der Waals surface area contributed by atoms with E-state index >= 15 is 0 Å². The van der Waals surface area contributed by atoms with Crippen molar-refractivity contribution in [3.63, 3.8) is 0 Å². The molecule has 0 aliphatic rings. The summed E-state index contributed by atoms with van der Waals surface area (Å²) in [7, 11) is -2.82. The minimum absolute atomic E-state index is 0.0459. The zero-order valence-electron chi connectivity index (χ0n) is 10.3. The molecule has 0 radical (unpaired) electrons. The molecule has 0 spiro atoms. The van der Waals surface area contributed by atoms with E-state index in [-0.39, 0.29) is 16.4 Å². The number of rotatable bonds is 4. The van der Waals surface area contributed by atoms with Crippen LogP contribution in [0.3, 0.4) is 0 Å². The lowest BCUT2D eigenvalue weighted by atomic mass is 10.3. The van der Waals surface area contributed by atoms with E-state index in [0.717, 1.165) is 6.07 Å². The molecule has 0 fully saturated rings. The van der Waals surface area contributed by atoms with Crippen molar-refractivity contribution in [3.05, 3.63) is 53.3 Å². The number of methoxy groups -OCH3 is 1. The molecule has 0 N–H and O–H groups in total. The topological polar surface area (TPSA) is 52.6 Å². The molecule has 0 unspecified atom stereocenters. The van der Waals surface area contributed by atoms with Gasteiger partial charge in [0.15, 0.2) is 11.6 Å². The Morgan fingerprint density at radius 1 is 1.10 bits per heavy atom. The Balaban J connectivity index is 2.30. The van der Waals surface area contributed by atoms with E-state index in [0.29, 0.717) is 5.02 Å². The largest absolute Gasteiger partial charge is 0.494 e. The third-order valence-electron chi connectivity index (χ3n) is 2.43. The predicted molar refractivity (Wildman–Crippen MR) is 72.2 cm³/mol. The fraction of sp³-hybridized carbons (Fsp3) is 0.0769. The summed E-state index contributed by atoms with van der Waals surface area (Å²) < 4.78 is 47.1. The Labute approximate surface area is 120 Å². The van der Waals surface area contributed by atoms with Gasteiger partial charge >= 0.3 is 10.1 Å². The molecule has 0 heterocycles. The summed E-state index contributed by atoms with van der Waals surface area (Å²) in [4.78, 5) is -0.300. The van der Waals surface area contributed by atoms with Crippen molar-refractivity contribution in [2.24, 2.45) is 0 Å². The van der Waals surface area contributed by atoms with E-state index in [2.05, 4.69) is 0 Å². The molecule has 0 saturated carbocycles. The van der Waals surface area contributed by atoms with Crippen LogP contribution in [-0.4, -0.2) is 15.5 Å². The van der Waals surface area contributed by atoms with Crippen molar-refractivity contribution in [1.29, 1.82) is 0 Å². The van der Waals surface area contributed by atoms with Crippen LogP contribution in [0, 0.1) is 5.82 Å². The molecule has 0 amide bonds. The predicted octanol–water partition coefficient (Wildman–Crippen LogP) is 3.26. The Bertz CT molecular complexity index is 714. The van der Waals surface area contributed by atoms with Gasteiger partial charge in [-0.1, -0.05) is 11.6 Å². The van der Waals surface area contributed by atoms with Crippen molar-refractivity contribution in [2.75, 3.05) is 7.11 Å². The van der Waals surface area contributed by atoms with Crippen LogP contribution in [0.2, 0.25) is 5.02 Å². The van der Waals surface area contributed by atoms with Crippen LogP contribution >= 0.6 is 11.6 Å². The minimum atomic E-state index is -4.11. The quantitative estimate of drug-likeness (QED) is 0.812. The molecular weight excluding hydrogens is 307 g/mol. The second-order valence-corrected chi connectivity index (χ2v) is 5.77. The van der Waals surface area contributed by atoms with Crippen molar-refractivity contribution in [1.82, 2.24) is 0 Å². The Morgan fingerprint density at radius 2 is 1.75 bits per heavy atom. The molecule has 2 rings (SSSR count). The van der Waals surface area contributed by atoms with Gasteiger partial charge in [-0.25, -0.2) is 4.39 Å². The molecule has 0 aliphatic heterocycles. The minimum Gasteiger partial charge on any atom is -0.494 e. The smallest absolute Gasteiger partial charge is 0.339 e. The van der Waals surface area contributed by atoms with E-state index in [4.69, 9.17) is 20.5 Å². The van der Waals surface area contributed by atoms with Gasteiger partial charge < -0.3 is 8.92 Å². The fourth-order valence-electron chi connectivity index (χ4n) is 1.47. The zero-order chi connectivity index (χ0) is 14.8. The Hall–Kier alpha value is -1.79. The molecule has 2 aromatic rings. The maximum atomic E-state index is 13.5. The molecule has 4 nitrogen and oxygen atoms in total. The normalized spacial score (nSPS) is 11.2. The first kappa shape index (κ1) is 14.6. The summed E-state index contributed by atoms with van der Waals surface area (Å²) in [5.41, 5.74) is 0. The van der Waals surface area contributed by atoms with Gasteiger partial charge in [-0.05, 0) is 42.5 Å². The fourth-order valence-corrected chi connectivity index (χ4v) is 2.54. The van der Waals surface area contributed by atoms with Crippen LogP contribution < -0.4 is 8.92 Å². The highest BCUT2D eigenvalue weighted by Gasteiger charge is 2.19. The third kappa shape index (κ3) is 3.20. The van der Waals surface area contributed by atoms with Crippen LogP contribution in [0.4, 0.5) is 4.39 Å². The number of benzene rings is 2. The first-order valence-corrected chi connectivity index (χ1v) is 7.24. The lowest BCUT2D eigenvalue weighted by molar-refractivity contribution is 0.385. The maximum Gasteiger partial charge on any atom is 0.339 e. The van der Waals surface area contributed by atoms with Gasteiger partial charge in [0.25, 0.3) is 0 Å². The van der Waals surface area contributed by atoms with Gasteiger partial charge in [0.05, 0.1) is 7.11 Å². The monoisotopic (exact) mass is 316 g/mol. The maximum absolute atomic E-state index is 13.5. The summed E-state index contributed by atoms with van der Waals surface area (Å²) >= 11 is 5.69. The van der Waals surface area contributed by atoms with Gasteiger partial charge in [-0.15, -0.1) is 0 Å². The first-order chi connectivity index (χ1) is 9.42. The van der Waals surface area contributed by atoms with Crippen molar-refractivity contribution in [2.45, 2.75) is 4.90 Å². The van der Waals surface area contributed by atoms with Gasteiger partial charge in [-0.2, -0.15) is 8.42 Å². The highest BCUT2D eigenvalue weighted by atomic mass is 35.5. The summed E-state index contributed by atoms with van der Waals surface area (Å²) in [6, 6.07) is 9.03. The standard InChI is InChI=1S/C13H10ClFO4S/c1-18-13-7-6-11(8-12(13)15)20(16,17)19-10-4-2-9(14)3-5-10/h2-8H,1H3. The van der Waals surface area contributed by atoms with E-state index in [9.17, 15) is 12.8 Å². The zero-order valence-corrected chi connectivity index (χ0v) is 11.9. The molecule has 0 atom stereocenters. The molecule has 20 heavy (non-hydrogen) atoms. The Morgan fingerprint density at radius 3 is 2.30 bits per heavy atom.